The van der Waals surface area contributed by atoms with Crippen molar-refractivity contribution < 1.29 is 14.5 Å². The molecule has 1 aromatic carbocycles. The Morgan fingerprint density at radius 2 is 2.30 bits per heavy atom. The minimum Gasteiger partial charge on any atom is -0.480 e. The van der Waals surface area contributed by atoms with Crippen LogP contribution in [0.25, 0.3) is 0 Å². The van der Waals surface area contributed by atoms with Gasteiger partial charge >= 0.3 is 5.69 Å². The number of carbonyl (C=O) groups is 1. The Morgan fingerprint density at radius 1 is 1.50 bits per heavy atom. The molecule has 0 aliphatic rings. The molecule has 0 N–H and O–H groups in total. The highest BCUT2D eigenvalue weighted by atomic mass is 16.6. The molecule has 0 unspecified atom stereocenters. The molecule has 0 bridgehead atoms. The molecule has 1 heterocycles. The van der Waals surface area contributed by atoms with Crippen LogP contribution in [-0.2, 0) is 13.2 Å². The van der Waals surface area contributed by atoms with Crippen molar-refractivity contribution in [2.45, 2.75) is 20.1 Å². The molecule has 2 rings (SSSR count). The number of hydrogen-bond donors (Lipinski definition) is 0. The monoisotopic (exact) mass is 275 g/mol. The average Bonchev–Trinajstić information content (AvgIpc) is 2.92. The summed E-state index contributed by atoms with van der Waals surface area (Å²) in [6.07, 6.45) is 3.88. The summed E-state index contributed by atoms with van der Waals surface area (Å²) in [7, 11) is 0. The van der Waals surface area contributed by atoms with E-state index in [1.165, 1.54) is 18.2 Å². The first-order valence-corrected chi connectivity index (χ1v) is 6.01. The van der Waals surface area contributed by atoms with Crippen LogP contribution in [0.15, 0.2) is 30.7 Å². The third-order valence-corrected chi connectivity index (χ3v) is 2.83. The molecule has 0 aliphatic carbocycles. The Labute approximate surface area is 115 Å². The van der Waals surface area contributed by atoms with Gasteiger partial charge in [0.05, 0.1) is 23.1 Å². The molecule has 0 amide bonds. The van der Waals surface area contributed by atoms with Crippen LogP contribution in [0.1, 0.15) is 23.0 Å². The zero-order chi connectivity index (χ0) is 14.5. The van der Waals surface area contributed by atoms with E-state index in [2.05, 4.69) is 4.98 Å². The number of benzene rings is 1. The second kappa shape index (κ2) is 5.96. The van der Waals surface area contributed by atoms with E-state index in [0.717, 1.165) is 12.2 Å². The van der Waals surface area contributed by atoms with Crippen LogP contribution in [0, 0.1) is 10.1 Å². The van der Waals surface area contributed by atoms with Gasteiger partial charge in [0.2, 0.25) is 0 Å². The van der Waals surface area contributed by atoms with Gasteiger partial charge in [-0.1, -0.05) is 0 Å². The summed E-state index contributed by atoms with van der Waals surface area (Å²) in [5, 5.41) is 11.0. The number of nitro groups is 1. The maximum atomic E-state index is 11.0. The number of ether oxygens (including phenoxy) is 1. The summed E-state index contributed by atoms with van der Waals surface area (Å²) in [6, 6.07) is 4.10. The SMILES string of the molecule is CCn1cncc1COc1ccc(C=O)cc1[N+](=O)[O-]. The van der Waals surface area contributed by atoms with Gasteiger partial charge in [0.1, 0.15) is 12.9 Å². The van der Waals surface area contributed by atoms with Crippen molar-refractivity contribution in [3.05, 3.63) is 52.1 Å². The molecule has 0 spiro atoms. The van der Waals surface area contributed by atoms with Crippen LogP contribution in [0.2, 0.25) is 0 Å². The maximum absolute atomic E-state index is 11.0. The van der Waals surface area contributed by atoms with E-state index < -0.39 is 4.92 Å². The molecular formula is C13H13N3O4. The summed E-state index contributed by atoms with van der Waals surface area (Å²) in [6.45, 7) is 2.88. The summed E-state index contributed by atoms with van der Waals surface area (Å²) in [5.74, 6) is 0.129. The van der Waals surface area contributed by atoms with Gasteiger partial charge in [-0.15, -0.1) is 0 Å². The van der Waals surface area contributed by atoms with Gasteiger partial charge in [0.25, 0.3) is 0 Å². The summed E-state index contributed by atoms with van der Waals surface area (Å²) in [5.41, 5.74) is 0.834. The first-order valence-electron chi connectivity index (χ1n) is 6.01. The lowest BCUT2D eigenvalue weighted by Crippen LogP contribution is -2.05. The summed E-state index contributed by atoms with van der Waals surface area (Å²) >= 11 is 0. The van der Waals surface area contributed by atoms with Crippen LogP contribution < -0.4 is 4.74 Å². The molecule has 0 fully saturated rings. The Kier molecular flexibility index (Phi) is 4.09. The van der Waals surface area contributed by atoms with Gasteiger partial charge in [0.15, 0.2) is 5.75 Å². The van der Waals surface area contributed by atoms with Crippen molar-refractivity contribution in [1.29, 1.82) is 0 Å². The van der Waals surface area contributed by atoms with Crippen molar-refractivity contribution in [2.24, 2.45) is 0 Å². The normalized spacial score (nSPS) is 10.2. The second-order valence-electron chi connectivity index (χ2n) is 4.06. The van der Waals surface area contributed by atoms with Crippen LogP contribution in [0.3, 0.4) is 0 Å². The number of carbonyl (C=O) groups excluding carboxylic acids is 1. The Bertz CT molecular complexity index is 636. The fourth-order valence-electron chi connectivity index (χ4n) is 1.78. The first kappa shape index (κ1) is 13.7. The lowest BCUT2D eigenvalue weighted by atomic mass is 10.2. The van der Waals surface area contributed by atoms with E-state index in [1.54, 1.807) is 12.5 Å². The fraction of sp³-hybridized carbons (Fsp3) is 0.231. The largest absolute Gasteiger partial charge is 0.480 e. The van der Waals surface area contributed by atoms with E-state index in [4.69, 9.17) is 4.74 Å². The highest BCUT2D eigenvalue weighted by Crippen LogP contribution is 2.28. The maximum Gasteiger partial charge on any atom is 0.311 e. The van der Waals surface area contributed by atoms with Gasteiger partial charge in [-0.3, -0.25) is 14.9 Å². The molecule has 20 heavy (non-hydrogen) atoms. The van der Waals surface area contributed by atoms with Gasteiger partial charge in [-0.25, -0.2) is 4.98 Å². The van der Waals surface area contributed by atoms with Crippen molar-refractivity contribution in [1.82, 2.24) is 9.55 Å². The third-order valence-electron chi connectivity index (χ3n) is 2.83. The lowest BCUT2D eigenvalue weighted by molar-refractivity contribution is -0.386. The van der Waals surface area contributed by atoms with Crippen molar-refractivity contribution in [3.8, 4) is 5.75 Å². The molecule has 104 valence electrons. The number of nitro benzene ring substituents is 1. The Hall–Kier alpha value is -2.70. The standard InChI is InChI=1S/C13H13N3O4/c1-2-15-9-14-6-11(15)8-20-13-4-3-10(7-17)5-12(13)16(18)19/h3-7,9H,2,8H2,1H3. The van der Waals surface area contributed by atoms with Crippen molar-refractivity contribution in [3.63, 3.8) is 0 Å². The molecule has 0 saturated carbocycles. The van der Waals surface area contributed by atoms with Crippen molar-refractivity contribution in [2.75, 3.05) is 0 Å². The predicted molar refractivity (Wildman–Crippen MR) is 70.7 cm³/mol. The molecule has 0 radical (unpaired) electrons. The van der Waals surface area contributed by atoms with Crippen molar-refractivity contribution >= 4 is 12.0 Å². The second-order valence-corrected chi connectivity index (χ2v) is 4.06. The minimum atomic E-state index is -0.570. The lowest BCUT2D eigenvalue weighted by Gasteiger charge is -2.08. The zero-order valence-corrected chi connectivity index (χ0v) is 10.9. The van der Waals surface area contributed by atoms with Gasteiger partial charge in [-0.05, 0) is 19.1 Å². The molecule has 2 aromatic rings. The van der Waals surface area contributed by atoms with Crippen LogP contribution in [0.5, 0.6) is 5.75 Å². The number of hydrogen-bond acceptors (Lipinski definition) is 5. The van der Waals surface area contributed by atoms with E-state index in [-0.39, 0.29) is 23.6 Å². The van der Waals surface area contributed by atoms with Crippen LogP contribution >= 0.6 is 0 Å². The molecule has 1 aromatic heterocycles. The molecule has 0 atom stereocenters. The van der Waals surface area contributed by atoms with Gasteiger partial charge < -0.3 is 9.30 Å². The summed E-state index contributed by atoms with van der Waals surface area (Å²) in [4.78, 5) is 25.0. The number of imidazole rings is 1. The average molecular weight is 275 g/mol. The topological polar surface area (TPSA) is 87.3 Å². The third kappa shape index (κ3) is 2.82. The number of nitrogens with zero attached hydrogens (tertiary/aromatic N) is 3. The molecule has 0 saturated heterocycles. The predicted octanol–water partition coefficient (Wildman–Crippen LogP) is 2.20. The molecule has 0 aliphatic heterocycles. The van der Waals surface area contributed by atoms with E-state index in [0.29, 0.717) is 6.29 Å². The number of aromatic nitrogens is 2. The summed E-state index contributed by atoms with van der Waals surface area (Å²) < 4.78 is 7.35. The molecular weight excluding hydrogens is 262 g/mol. The Morgan fingerprint density at radius 3 is 2.95 bits per heavy atom. The molecule has 7 heteroatoms. The number of aryl methyl sites for hydroxylation is 1. The molecule has 7 nitrogen and oxygen atoms in total. The van der Waals surface area contributed by atoms with E-state index in [9.17, 15) is 14.9 Å². The van der Waals surface area contributed by atoms with Crippen LogP contribution in [-0.4, -0.2) is 20.8 Å². The van der Waals surface area contributed by atoms with Crippen LogP contribution in [0.4, 0.5) is 5.69 Å². The van der Waals surface area contributed by atoms with Gasteiger partial charge in [0, 0.05) is 18.2 Å². The quantitative estimate of drug-likeness (QED) is 0.458. The number of rotatable bonds is 6. The van der Waals surface area contributed by atoms with Gasteiger partial charge in [-0.2, -0.15) is 0 Å². The van der Waals surface area contributed by atoms with E-state index in [1.807, 2.05) is 11.5 Å². The number of aldehydes is 1. The minimum absolute atomic E-state index is 0.129. The first-order chi connectivity index (χ1) is 9.65. The zero-order valence-electron chi connectivity index (χ0n) is 10.9. The van der Waals surface area contributed by atoms with E-state index >= 15 is 0 Å². The highest BCUT2D eigenvalue weighted by molar-refractivity contribution is 5.77. The Balaban J connectivity index is 2.21. The fourth-order valence-corrected chi connectivity index (χ4v) is 1.78. The smallest absolute Gasteiger partial charge is 0.311 e. The highest BCUT2D eigenvalue weighted by Gasteiger charge is 2.16.